The molecule has 1 aliphatic heterocycles. The van der Waals surface area contributed by atoms with Crippen molar-refractivity contribution < 1.29 is 4.52 Å². The van der Waals surface area contributed by atoms with Crippen molar-refractivity contribution in [3.05, 3.63) is 30.2 Å². The van der Waals surface area contributed by atoms with Gasteiger partial charge >= 0.3 is 0 Å². The molecule has 1 fully saturated rings. The van der Waals surface area contributed by atoms with Crippen molar-refractivity contribution in [2.75, 3.05) is 19.3 Å². The number of rotatable bonds is 3. The molecule has 19 heavy (non-hydrogen) atoms. The monoisotopic (exact) mass is 275 g/mol. The highest BCUT2D eigenvalue weighted by molar-refractivity contribution is 7.98. The molecule has 100 valence electrons. The maximum absolute atomic E-state index is 5.42. The van der Waals surface area contributed by atoms with Crippen LogP contribution >= 0.6 is 11.8 Å². The summed E-state index contributed by atoms with van der Waals surface area (Å²) in [5, 5.41) is 7.45. The third-order valence-corrected chi connectivity index (χ3v) is 4.37. The fraction of sp³-hybridized carbons (Fsp3) is 0.429. The zero-order valence-electron chi connectivity index (χ0n) is 11.1. The summed E-state index contributed by atoms with van der Waals surface area (Å²) in [4.78, 5) is 5.78. The van der Waals surface area contributed by atoms with E-state index in [2.05, 4.69) is 40.8 Å². The Morgan fingerprint density at radius 2 is 2.05 bits per heavy atom. The lowest BCUT2D eigenvalue weighted by atomic mass is 9.98. The summed E-state index contributed by atoms with van der Waals surface area (Å²) in [5.41, 5.74) is 1.01. The van der Waals surface area contributed by atoms with Crippen LogP contribution < -0.4 is 5.32 Å². The van der Waals surface area contributed by atoms with E-state index >= 15 is 0 Å². The van der Waals surface area contributed by atoms with Crippen LogP contribution in [0, 0.1) is 5.92 Å². The number of aromatic nitrogens is 2. The summed E-state index contributed by atoms with van der Waals surface area (Å²) in [5.74, 6) is 2.32. The third-order valence-electron chi connectivity index (χ3n) is 3.62. The Bertz CT molecular complexity index is 552. The van der Waals surface area contributed by atoms with Crippen LogP contribution in [0.15, 0.2) is 33.7 Å². The van der Waals surface area contributed by atoms with Gasteiger partial charge in [-0.05, 0) is 43.0 Å². The highest BCUT2D eigenvalue weighted by Gasteiger charge is 2.29. The molecule has 0 bridgehead atoms. The van der Waals surface area contributed by atoms with Crippen molar-refractivity contribution in [2.24, 2.45) is 5.92 Å². The predicted octanol–water partition coefficient (Wildman–Crippen LogP) is 2.78. The fourth-order valence-electron chi connectivity index (χ4n) is 2.38. The summed E-state index contributed by atoms with van der Waals surface area (Å²) in [6.45, 7) is 4.15. The normalized spacial score (nSPS) is 22.8. The second kappa shape index (κ2) is 5.35. The molecule has 1 aromatic carbocycles. The van der Waals surface area contributed by atoms with Gasteiger partial charge in [-0.25, -0.2) is 0 Å². The maximum Gasteiger partial charge on any atom is 0.231 e. The van der Waals surface area contributed by atoms with Gasteiger partial charge in [0.2, 0.25) is 11.7 Å². The van der Waals surface area contributed by atoms with E-state index in [1.54, 1.807) is 11.8 Å². The largest absolute Gasteiger partial charge is 0.339 e. The van der Waals surface area contributed by atoms with Crippen LogP contribution in [0.25, 0.3) is 11.4 Å². The topological polar surface area (TPSA) is 51.0 Å². The molecule has 0 amide bonds. The SMILES string of the molecule is CSc1ccc(-c2noc([C@@H]3CNC[C@H]3C)n2)cc1. The number of hydrogen-bond donors (Lipinski definition) is 1. The molecule has 1 saturated heterocycles. The number of benzene rings is 1. The molecule has 2 atom stereocenters. The molecule has 0 radical (unpaired) electrons. The molecule has 0 aliphatic carbocycles. The van der Waals surface area contributed by atoms with Crippen molar-refractivity contribution in [3.63, 3.8) is 0 Å². The number of hydrogen-bond acceptors (Lipinski definition) is 5. The van der Waals surface area contributed by atoms with Crippen LogP contribution in [-0.4, -0.2) is 29.5 Å². The minimum Gasteiger partial charge on any atom is -0.339 e. The molecule has 3 rings (SSSR count). The summed E-state index contributed by atoms with van der Waals surface area (Å²) in [6, 6.07) is 8.24. The van der Waals surface area contributed by atoms with Crippen LogP contribution in [0.3, 0.4) is 0 Å². The quantitative estimate of drug-likeness (QED) is 0.873. The van der Waals surface area contributed by atoms with E-state index in [-0.39, 0.29) is 0 Å². The summed E-state index contributed by atoms with van der Waals surface area (Å²) >= 11 is 1.73. The Morgan fingerprint density at radius 3 is 2.68 bits per heavy atom. The van der Waals surface area contributed by atoms with Gasteiger partial charge in [-0.15, -0.1) is 11.8 Å². The average molecular weight is 275 g/mol. The van der Waals surface area contributed by atoms with E-state index in [0.29, 0.717) is 17.7 Å². The zero-order chi connectivity index (χ0) is 13.2. The van der Waals surface area contributed by atoms with Crippen LogP contribution in [0.5, 0.6) is 0 Å². The molecule has 4 nitrogen and oxygen atoms in total. The number of thioether (sulfide) groups is 1. The molecular formula is C14H17N3OS. The summed E-state index contributed by atoms with van der Waals surface area (Å²) in [6.07, 6.45) is 2.07. The van der Waals surface area contributed by atoms with Gasteiger partial charge in [0.1, 0.15) is 0 Å². The van der Waals surface area contributed by atoms with E-state index in [0.717, 1.165) is 24.5 Å². The fourth-order valence-corrected chi connectivity index (χ4v) is 2.79. The van der Waals surface area contributed by atoms with E-state index in [1.807, 2.05) is 12.1 Å². The zero-order valence-corrected chi connectivity index (χ0v) is 11.9. The van der Waals surface area contributed by atoms with E-state index in [9.17, 15) is 0 Å². The highest BCUT2D eigenvalue weighted by Crippen LogP contribution is 2.28. The van der Waals surface area contributed by atoms with E-state index in [1.165, 1.54) is 4.90 Å². The average Bonchev–Trinajstić information content (AvgIpc) is 3.07. The molecule has 2 aromatic rings. The molecule has 1 N–H and O–H groups in total. The Morgan fingerprint density at radius 1 is 1.26 bits per heavy atom. The first-order valence-corrected chi connectivity index (χ1v) is 7.69. The van der Waals surface area contributed by atoms with Gasteiger partial charge in [-0.1, -0.05) is 12.1 Å². The number of nitrogens with one attached hydrogen (secondary N) is 1. The molecular weight excluding hydrogens is 258 g/mol. The molecule has 1 aromatic heterocycles. The van der Waals surface area contributed by atoms with Crippen molar-refractivity contribution in [3.8, 4) is 11.4 Å². The van der Waals surface area contributed by atoms with Gasteiger partial charge < -0.3 is 9.84 Å². The molecule has 0 unspecified atom stereocenters. The van der Waals surface area contributed by atoms with Crippen LogP contribution in [0.2, 0.25) is 0 Å². The van der Waals surface area contributed by atoms with Crippen LogP contribution in [-0.2, 0) is 0 Å². The number of nitrogens with zero attached hydrogens (tertiary/aromatic N) is 2. The lowest BCUT2D eigenvalue weighted by molar-refractivity contribution is 0.340. The second-order valence-corrected chi connectivity index (χ2v) is 5.81. The van der Waals surface area contributed by atoms with Gasteiger partial charge in [-0.2, -0.15) is 4.98 Å². The van der Waals surface area contributed by atoms with Gasteiger partial charge in [-0.3, -0.25) is 0 Å². The van der Waals surface area contributed by atoms with E-state index < -0.39 is 0 Å². The first kappa shape index (κ1) is 12.7. The second-order valence-electron chi connectivity index (χ2n) is 4.93. The Hall–Kier alpha value is -1.33. The molecule has 2 heterocycles. The van der Waals surface area contributed by atoms with E-state index in [4.69, 9.17) is 4.52 Å². The minimum absolute atomic E-state index is 0.340. The third kappa shape index (κ3) is 2.53. The van der Waals surface area contributed by atoms with Gasteiger partial charge in [0.05, 0.1) is 5.92 Å². The summed E-state index contributed by atoms with van der Waals surface area (Å²) < 4.78 is 5.42. The van der Waals surface area contributed by atoms with Crippen molar-refractivity contribution in [2.45, 2.75) is 17.7 Å². The van der Waals surface area contributed by atoms with Crippen LogP contribution in [0.4, 0.5) is 0 Å². The van der Waals surface area contributed by atoms with Crippen molar-refractivity contribution >= 4 is 11.8 Å². The summed E-state index contributed by atoms with van der Waals surface area (Å²) in [7, 11) is 0. The first-order chi connectivity index (χ1) is 9.28. The van der Waals surface area contributed by atoms with Crippen molar-refractivity contribution in [1.29, 1.82) is 0 Å². The lowest BCUT2D eigenvalue weighted by Crippen LogP contribution is -2.08. The predicted molar refractivity (Wildman–Crippen MR) is 76.3 cm³/mol. The minimum atomic E-state index is 0.340. The van der Waals surface area contributed by atoms with Gasteiger partial charge in [0, 0.05) is 17.0 Å². The van der Waals surface area contributed by atoms with Crippen molar-refractivity contribution in [1.82, 2.24) is 15.5 Å². The van der Waals surface area contributed by atoms with Gasteiger partial charge in [0.25, 0.3) is 0 Å². The first-order valence-electron chi connectivity index (χ1n) is 6.46. The molecule has 5 heteroatoms. The molecule has 0 saturated carbocycles. The highest BCUT2D eigenvalue weighted by atomic mass is 32.2. The van der Waals surface area contributed by atoms with Gasteiger partial charge in [0.15, 0.2) is 0 Å². The lowest BCUT2D eigenvalue weighted by Gasteiger charge is -2.07. The smallest absolute Gasteiger partial charge is 0.231 e. The van der Waals surface area contributed by atoms with Crippen LogP contribution in [0.1, 0.15) is 18.7 Å². The Labute approximate surface area is 117 Å². The molecule has 1 aliphatic rings. The Balaban J connectivity index is 1.83. The maximum atomic E-state index is 5.42. The molecule has 0 spiro atoms. The standard InChI is InChI=1S/C14H17N3OS/c1-9-7-15-8-12(9)14-16-13(17-18-14)10-3-5-11(19-2)6-4-10/h3-6,9,12,15H,7-8H2,1-2H3/t9-,12-/m1/s1. The Kier molecular flexibility index (Phi) is 3.57.